The van der Waals surface area contributed by atoms with Gasteiger partial charge in [0.1, 0.15) is 5.84 Å². The van der Waals surface area contributed by atoms with Crippen LogP contribution in [0.15, 0.2) is 53.5 Å². The zero-order valence-electron chi connectivity index (χ0n) is 15.7. The van der Waals surface area contributed by atoms with Gasteiger partial charge < -0.3 is 0 Å². The summed E-state index contributed by atoms with van der Waals surface area (Å²) in [5.41, 5.74) is 3.47. The number of rotatable bonds is 4. The zero-order chi connectivity index (χ0) is 20.3. The van der Waals surface area contributed by atoms with E-state index in [0.717, 1.165) is 16.7 Å². The summed E-state index contributed by atoms with van der Waals surface area (Å²) in [6, 6.07) is 17.1. The monoisotopic (exact) mass is 395 g/mol. The van der Waals surface area contributed by atoms with Crippen molar-refractivity contribution in [1.82, 2.24) is 4.72 Å². The number of benzene rings is 2. The highest BCUT2D eigenvalue weighted by Crippen LogP contribution is 2.29. The van der Waals surface area contributed by atoms with Gasteiger partial charge in [-0.25, -0.2) is 8.42 Å². The maximum Gasteiger partial charge on any atom is 0.247 e. The Morgan fingerprint density at radius 2 is 1.64 bits per heavy atom. The Morgan fingerprint density at radius 1 is 1.07 bits per heavy atom. The summed E-state index contributed by atoms with van der Waals surface area (Å²) >= 11 is 0. The van der Waals surface area contributed by atoms with Crippen LogP contribution in [0.3, 0.4) is 0 Å². The van der Waals surface area contributed by atoms with Gasteiger partial charge in [-0.3, -0.25) is 9.52 Å². The Bertz CT molecular complexity index is 1050. The van der Waals surface area contributed by atoms with E-state index in [1.165, 1.54) is 0 Å². The van der Waals surface area contributed by atoms with E-state index in [0.29, 0.717) is 12.0 Å². The number of amidine groups is 1. The molecule has 0 fully saturated rings. The Balaban J connectivity index is 1.87. The molecule has 0 saturated carbocycles. The zero-order valence-corrected chi connectivity index (χ0v) is 16.5. The number of nitrogens with one attached hydrogen (secondary N) is 1. The Morgan fingerprint density at radius 3 is 2.18 bits per heavy atom. The molecule has 7 heteroatoms. The van der Waals surface area contributed by atoms with Crippen molar-refractivity contribution in [1.29, 1.82) is 5.26 Å². The lowest BCUT2D eigenvalue weighted by Crippen LogP contribution is -2.41. The number of nitriles is 1. The summed E-state index contributed by atoms with van der Waals surface area (Å²) in [6.45, 7) is 3.16. The molecule has 1 amide bonds. The van der Waals surface area contributed by atoms with Crippen molar-refractivity contribution < 1.29 is 13.2 Å². The van der Waals surface area contributed by atoms with Gasteiger partial charge >= 0.3 is 0 Å². The summed E-state index contributed by atoms with van der Waals surface area (Å²) in [4.78, 5) is 15.7. The lowest BCUT2D eigenvalue weighted by atomic mass is 9.90. The second-order valence-corrected chi connectivity index (χ2v) is 9.23. The molecule has 3 rings (SSSR count). The van der Waals surface area contributed by atoms with E-state index in [-0.39, 0.29) is 24.1 Å². The molecule has 1 N–H and O–H groups in total. The first-order valence-corrected chi connectivity index (χ1v) is 10.6. The fourth-order valence-electron chi connectivity index (χ4n) is 3.00. The maximum atomic E-state index is 12.2. The molecule has 1 unspecified atom stereocenters. The van der Waals surface area contributed by atoms with Crippen molar-refractivity contribution in [3.63, 3.8) is 0 Å². The highest BCUT2D eigenvalue weighted by atomic mass is 32.2. The van der Waals surface area contributed by atoms with Gasteiger partial charge in [0.2, 0.25) is 15.9 Å². The molecule has 144 valence electrons. The van der Waals surface area contributed by atoms with Crippen LogP contribution in [-0.4, -0.2) is 25.4 Å². The van der Waals surface area contributed by atoms with E-state index < -0.39 is 15.3 Å². The molecular formula is C21H21N3O3S. The summed E-state index contributed by atoms with van der Waals surface area (Å²) in [5.74, 6) is -0.399. The lowest BCUT2D eigenvalue weighted by Gasteiger charge is -2.24. The van der Waals surface area contributed by atoms with E-state index >= 15 is 0 Å². The molecule has 0 aromatic heterocycles. The standard InChI is InChI=1S/C21H21N3O3S/c1-14(2)28(26,27)24-21-19(11-12-20(25)23-21)18-9-7-17(8-10-18)16-5-3-15(13-22)4-6-16/h3-10,14,19H,11-12H2,1-2H3,(H,23,24,25). The Hall–Kier alpha value is -2.98. The van der Waals surface area contributed by atoms with Gasteiger partial charge in [0, 0.05) is 12.3 Å². The van der Waals surface area contributed by atoms with Crippen molar-refractivity contribution >= 4 is 21.8 Å². The van der Waals surface area contributed by atoms with E-state index in [4.69, 9.17) is 5.26 Å². The van der Waals surface area contributed by atoms with Crippen molar-refractivity contribution in [3.05, 3.63) is 59.7 Å². The third-order valence-corrected chi connectivity index (χ3v) is 6.48. The molecule has 0 saturated heterocycles. The van der Waals surface area contributed by atoms with Crippen LogP contribution in [0.2, 0.25) is 0 Å². The predicted octanol–water partition coefficient (Wildman–Crippen LogP) is 3.36. The molecule has 2 aromatic carbocycles. The van der Waals surface area contributed by atoms with Gasteiger partial charge in [0.05, 0.1) is 16.9 Å². The third kappa shape index (κ3) is 4.29. The first-order chi connectivity index (χ1) is 13.3. The van der Waals surface area contributed by atoms with Gasteiger partial charge in [-0.1, -0.05) is 36.4 Å². The fraction of sp³-hybridized carbons (Fsp3) is 0.286. The smallest absolute Gasteiger partial charge is 0.247 e. The quantitative estimate of drug-likeness (QED) is 0.858. The molecule has 28 heavy (non-hydrogen) atoms. The van der Waals surface area contributed by atoms with Gasteiger partial charge in [0.25, 0.3) is 0 Å². The van der Waals surface area contributed by atoms with E-state index in [2.05, 4.69) is 15.8 Å². The van der Waals surface area contributed by atoms with Crippen LogP contribution in [0.4, 0.5) is 0 Å². The minimum absolute atomic E-state index is 0.191. The fourth-order valence-corrected chi connectivity index (χ4v) is 3.71. The molecule has 6 nitrogen and oxygen atoms in total. The van der Waals surface area contributed by atoms with E-state index in [9.17, 15) is 13.2 Å². The average Bonchev–Trinajstić information content (AvgIpc) is 2.68. The molecule has 1 aliphatic rings. The summed E-state index contributed by atoms with van der Waals surface area (Å²) in [5, 5.41) is 8.29. The largest absolute Gasteiger partial charge is 0.273 e. The van der Waals surface area contributed by atoms with Crippen LogP contribution in [-0.2, 0) is 14.8 Å². The second-order valence-electron chi connectivity index (χ2n) is 6.99. The van der Waals surface area contributed by atoms with Crippen LogP contribution in [0, 0.1) is 11.3 Å². The Kier molecular flexibility index (Phi) is 5.61. The highest BCUT2D eigenvalue weighted by molar-refractivity contribution is 7.90. The van der Waals surface area contributed by atoms with E-state index in [1.807, 2.05) is 36.4 Å². The second kappa shape index (κ2) is 7.95. The van der Waals surface area contributed by atoms with Crippen LogP contribution >= 0.6 is 0 Å². The van der Waals surface area contributed by atoms with Crippen LogP contribution in [0.5, 0.6) is 0 Å². The van der Waals surface area contributed by atoms with Crippen LogP contribution in [0.25, 0.3) is 11.1 Å². The predicted molar refractivity (Wildman–Crippen MR) is 108 cm³/mol. The molecule has 0 aliphatic carbocycles. The summed E-state index contributed by atoms with van der Waals surface area (Å²) < 4.78 is 27.0. The van der Waals surface area contributed by atoms with Crippen molar-refractivity contribution in [2.45, 2.75) is 37.9 Å². The molecule has 1 aliphatic heterocycles. The van der Waals surface area contributed by atoms with Crippen LogP contribution < -0.4 is 4.72 Å². The Labute approximate surface area is 165 Å². The molecule has 1 atom stereocenters. The molecule has 0 bridgehead atoms. The first-order valence-electron chi connectivity index (χ1n) is 9.03. The number of aliphatic imine (C=N–C) groups is 1. The molecule has 1 heterocycles. The first kappa shape index (κ1) is 19.8. The van der Waals surface area contributed by atoms with Gasteiger partial charge in [-0.15, -0.1) is 0 Å². The number of hydrogen-bond donors (Lipinski definition) is 1. The summed E-state index contributed by atoms with van der Waals surface area (Å²) in [7, 11) is -3.58. The normalized spacial score (nSPS) is 17.1. The molecule has 0 radical (unpaired) electrons. The number of carbonyl (C=O) groups excluding carboxylic acids is 1. The molecule has 2 aromatic rings. The third-order valence-electron chi connectivity index (χ3n) is 4.75. The van der Waals surface area contributed by atoms with Crippen molar-refractivity contribution in [3.8, 4) is 17.2 Å². The van der Waals surface area contributed by atoms with Crippen molar-refractivity contribution in [2.24, 2.45) is 4.99 Å². The number of nitrogens with zero attached hydrogens (tertiary/aromatic N) is 2. The minimum Gasteiger partial charge on any atom is -0.273 e. The summed E-state index contributed by atoms with van der Waals surface area (Å²) in [6.07, 6.45) is 0.795. The van der Waals surface area contributed by atoms with E-state index in [1.54, 1.807) is 26.0 Å². The lowest BCUT2D eigenvalue weighted by molar-refractivity contribution is -0.118. The molecule has 0 spiro atoms. The van der Waals surface area contributed by atoms with Crippen molar-refractivity contribution in [2.75, 3.05) is 0 Å². The average molecular weight is 395 g/mol. The van der Waals surface area contributed by atoms with Gasteiger partial charge in [0.15, 0.2) is 0 Å². The van der Waals surface area contributed by atoms with Crippen LogP contribution in [0.1, 0.15) is 43.7 Å². The maximum absolute atomic E-state index is 12.2. The topological polar surface area (TPSA) is 99.4 Å². The minimum atomic E-state index is -3.58. The SMILES string of the molecule is CC(C)S(=O)(=O)NC1=NC(=O)CCC1c1ccc(-c2ccc(C#N)cc2)cc1. The number of amides is 1. The van der Waals surface area contributed by atoms with Gasteiger partial charge in [-0.05, 0) is 49.1 Å². The number of carbonyl (C=O) groups is 1. The number of sulfonamides is 1. The molecular weight excluding hydrogens is 374 g/mol. The van der Waals surface area contributed by atoms with Gasteiger partial charge in [-0.2, -0.15) is 10.3 Å². The highest BCUT2D eigenvalue weighted by Gasteiger charge is 2.29. The number of hydrogen-bond acceptors (Lipinski definition) is 4.